The smallest absolute Gasteiger partial charge is 0.316 e. The van der Waals surface area contributed by atoms with Crippen LogP contribution >= 0.6 is 11.8 Å². The number of carboxylic acid groups (broad SMARTS) is 1. The van der Waals surface area contributed by atoms with Gasteiger partial charge in [-0.05, 0) is 37.6 Å². The lowest BCUT2D eigenvalue weighted by Gasteiger charge is -2.07. The number of hydrogen-bond acceptors (Lipinski definition) is 3. The van der Waals surface area contributed by atoms with Crippen molar-refractivity contribution in [1.29, 1.82) is 0 Å². The van der Waals surface area contributed by atoms with Crippen molar-refractivity contribution >= 4 is 23.4 Å². The molecular formula is C10H13NO2S. The number of nitrogen functional groups attached to an aromatic ring is 1. The Morgan fingerprint density at radius 1 is 1.57 bits per heavy atom. The Labute approximate surface area is 87.3 Å². The summed E-state index contributed by atoms with van der Waals surface area (Å²) < 4.78 is 0. The Balaban J connectivity index is 2.78. The van der Waals surface area contributed by atoms with E-state index in [1.165, 1.54) is 11.8 Å². The molecule has 0 saturated heterocycles. The van der Waals surface area contributed by atoms with Crippen molar-refractivity contribution in [3.8, 4) is 0 Å². The van der Waals surface area contributed by atoms with Gasteiger partial charge in [0.2, 0.25) is 0 Å². The van der Waals surface area contributed by atoms with Crippen molar-refractivity contribution in [2.75, 3.05) is 5.73 Å². The van der Waals surface area contributed by atoms with Crippen LogP contribution in [0, 0.1) is 6.92 Å². The fourth-order valence-corrected chi connectivity index (χ4v) is 1.88. The third-order valence-corrected chi connectivity index (χ3v) is 2.98. The van der Waals surface area contributed by atoms with Gasteiger partial charge in [0.15, 0.2) is 0 Å². The zero-order valence-electron chi connectivity index (χ0n) is 8.15. The number of nitrogens with two attached hydrogens (primary N) is 1. The van der Waals surface area contributed by atoms with Gasteiger partial charge in [-0.25, -0.2) is 0 Å². The van der Waals surface area contributed by atoms with Crippen LogP contribution in [0.15, 0.2) is 23.1 Å². The molecule has 4 heteroatoms. The van der Waals surface area contributed by atoms with E-state index in [0.717, 1.165) is 16.1 Å². The molecule has 1 aromatic carbocycles. The lowest BCUT2D eigenvalue weighted by atomic mass is 10.2. The predicted octanol–water partition coefficient (Wildman–Crippen LogP) is 2.14. The Morgan fingerprint density at radius 3 is 2.71 bits per heavy atom. The Hall–Kier alpha value is -1.16. The first kappa shape index (κ1) is 10.9. The van der Waals surface area contributed by atoms with Crippen molar-refractivity contribution in [1.82, 2.24) is 0 Å². The Kier molecular flexibility index (Phi) is 3.41. The number of carboxylic acids is 1. The van der Waals surface area contributed by atoms with Gasteiger partial charge in [0.05, 0.1) is 0 Å². The molecule has 1 rings (SSSR count). The number of thioether (sulfide) groups is 1. The van der Waals surface area contributed by atoms with Gasteiger partial charge in [-0.1, -0.05) is 0 Å². The van der Waals surface area contributed by atoms with Gasteiger partial charge in [-0.15, -0.1) is 11.8 Å². The van der Waals surface area contributed by atoms with E-state index in [1.54, 1.807) is 13.0 Å². The first-order chi connectivity index (χ1) is 6.50. The molecule has 1 atom stereocenters. The van der Waals surface area contributed by atoms with E-state index in [0.29, 0.717) is 0 Å². The van der Waals surface area contributed by atoms with Crippen molar-refractivity contribution in [2.45, 2.75) is 24.0 Å². The Morgan fingerprint density at radius 2 is 2.21 bits per heavy atom. The number of rotatable bonds is 3. The number of aryl methyl sites for hydroxylation is 1. The fourth-order valence-electron chi connectivity index (χ4n) is 0.976. The van der Waals surface area contributed by atoms with Crippen molar-refractivity contribution in [2.24, 2.45) is 0 Å². The van der Waals surface area contributed by atoms with E-state index in [9.17, 15) is 4.79 Å². The van der Waals surface area contributed by atoms with Gasteiger partial charge < -0.3 is 10.8 Å². The molecule has 0 heterocycles. The van der Waals surface area contributed by atoms with Crippen LogP contribution in [-0.2, 0) is 4.79 Å². The van der Waals surface area contributed by atoms with Crippen molar-refractivity contribution in [3.63, 3.8) is 0 Å². The van der Waals surface area contributed by atoms with Crippen LogP contribution in [0.25, 0.3) is 0 Å². The summed E-state index contributed by atoms with van der Waals surface area (Å²) in [4.78, 5) is 11.5. The fraction of sp³-hybridized carbons (Fsp3) is 0.300. The summed E-state index contributed by atoms with van der Waals surface area (Å²) in [6, 6.07) is 5.54. The van der Waals surface area contributed by atoms with Crippen LogP contribution in [0.4, 0.5) is 5.69 Å². The topological polar surface area (TPSA) is 63.3 Å². The lowest BCUT2D eigenvalue weighted by molar-refractivity contribution is -0.136. The average Bonchev–Trinajstić information content (AvgIpc) is 2.11. The monoisotopic (exact) mass is 211 g/mol. The van der Waals surface area contributed by atoms with Crippen molar-refractivity contribution < 1.29 is 9.90 Å². The molecule has 3 N–H and O–H groups in total. The average molecular weight is 211 g/mol. The third kappa shape index (κ3) is 2.67. The number of aliphatic carboxylic acids is 1. The van der Waals surface area contributed by atoms with Gasteiger partial charge >= 0.3 is 5.97 Å². The zero-order chi connectivity index (χ0) is 10.7. The molecule has 0 aliphatic heterocycles. The van der Waals surface area contributed by atoms with Crippen LogP contribution in [0.2, 0.25) is 0 Å². The standard InChI is InChI=1S/C10H13NO2S/c1-6-5-8(3-4-9(6)11)14-7(2)10(12)13/h3-5,7H,11H2,1-2H3,(H,12,13). The highest BCUT2D eigenvalue weighted by molar-refractivity contribution is 8.00. The molecule has 0 aliphatic rings. The number of anilines is 1. The van der Waals surface area contributed by atoms with E-state index >= 15 is 0 Å². The van der Waals surface area contributed by atoms with Gasteiger partial charge in [-0.2, -0.15) is 0 Å². The molecule has 0 aromatic heterocycles. The minimum absolute atomic E-state index is 0.432. The maximum absolute atomic E-state index is 10.6. The zero-order valence-corrected chi connectivity index (χ0v) is 8.97. The molecule has 1 unspecified atom stereocenters. The molecule has 3 nitrogen and oxygen atoms in total. The second kappa shape index (κ2) is 4.37. The molecule has 0 fully saturated rings. The second-order valence-electron chi connectivity index (χ2n) is 3.12. The molecule has 0 amide bonds. The molecule has 0 bridgehead atoms. The van der Waals surface area contributed by atoms with E-state index in [4.69, 9.17) is 10.8 Å². The summed E-state index contributed by atoms with van der Waals surface area (Å²) in [5.41, 5.74) is 7.37. The summed E-state index contributed by atoms with van der Waals surface area (Å²) in [6.45, 7) is 3.57. The molecule has 0 aliphatic carbocycles. The maximum atomic E-state index is 10.6. The maximum Gasteiger partial charge on any atom is 0.316 e. The molecule has 76 valence electrons. The SMILES string of the molecule is Cc1cc(SC(C)C(=O)O)ccc1N. The lowest BCUT2D eigenvalue weighted by Crippen LogP contribution is -2.11. The molecule has 0 radical (unpaired) electrons. The second-order valence-corrected chi connectivity index (χ2v) is 4.53. The molecule has 14 heavy (non-hydrogen) atoms. The number of hydrogen-bond donors (Lipinski definition) is 2. The summed E-state index contributed by atoms with van der Waals surface area (Å²) in [5.74, 6) is -0.801. The third-order valence-electron chi connectivity index (χ3n) is 1.90. The molecule has 0 spiro atoms. The normalized spacial score (nSPS) is 12.4. The highest BCUT2D eigenvalue weighted by atomic mass is 32.2. The van der Waals surface area contributed by atoms with Crippen LogP contribution < -0.4 is 5.73 Å². The van der Waals surface area contributed by atoms with Gasteiger partial charge in [-0.3, -0.25) is 4.79 Å². The number of benzene rings is 1. The summed E-state index contributed by atoms with van der Waals surface area (Å²) in [5, 5.41) is 8.29. The van der Waals surface area contributed by atoms with E-state index < -0.39 is 11.2 Å². The number of carbonyl (C=O) groups is 1. The van der Waals surface area contributed by atoms with Crippen LogP contribution in [0.3, 0.4) is 0 Å². The summed E-state index contributed by atoms with van der Waals surface area (Å²) in [6.07, 6.45) is 0. The van der Waals surface area contributed by atoms with E-state index in [-0.39, 0.29) is 0 Å². The van der Waals surface area contributed by atoms with E-state index in [2.05, 4.69) is 0 Å². The molecular weight excluding hydrogens is 198 g/mol. The quantitative estimate of drug-likeness (QED) is 0.594. The summed E-state index contributed by atoms with van der Waals surface area (Å²) >= 11 is 1.32. The van der Waals surface area contributed by atoms with Crippen LogP contribution in [0.1, 0.15) is 12.5 Å². The first-order valence-electron chi connectivity index (χ1n) is 4.26. The minimum Gasteiger partial charge on any atom is -0.480 e. The molecule has 0 saturated carbocycles. The van der Waals surface area contributed by atoms with Crippen LogP contribution in [0.5, 0.6) is 0 Å². The van der Waals surface area contributed by atoms with Gasteiger partial charge in [0.1, 0.15) is 5.25 Å². The summed E-state index contributed by atoms with van der Waals surface area (Å²) in [7, 11) is 0. The molecule has 1 aromatic rings. The minimum atomic E-state index is -0.801. The Bertz CT molecular complexity index is 352. The highest BCUT2D eigenvalue weighted by Gasteiger charge is 2.12. The van der Waals surface area contributed by atoms with Crippen molar-refractivity contribution in [3.05, 3.63) is 23.8 Å². The van der Waals surface area contributed by atoms with Gasteiger partial charge in [0.25, 0.3) is 0 Å². The predicted molar refractivity (Wildman–Crippen MR) is 58.5 cm³/mol. The first-order valence-corrected chi connectivity index (χ1v) is 5.14. The largest absolute Gasteiger partial charge is 0.480 e. The van der Waals surface area contributed by atoms with Gasteiger partial charge in [0, 0.05) is 10.6 Å². The van der Waals surface area contributed by atoms with Crippen LogP contribution in [-0.4, -0.2) is 16.3 Å². The van der Waals surface area contributed by atoms with E-state index in [1.807, 2.05) is 19.1 Å². The highest BCUT2D eigenvalue weighted by Crippen LogP contribution is 2.26.